The molecule has 1 amide bonds. The summed E-state index contributed by atoms with van der Waals surface area (Å²) in [5.41, 5.74) is 0.194. The van der Waals surface area contributed by atoms with Crippen molar-refractivity contribution in [1.82, 2.24) is 0 Å². The van der Waals surface area contributed by atoms with Gasteiger partial charge in [-0.05, 0) is 36.4 Å². The summed E-state index contributed by atoms with van der Waals surface area (Å²) < 4.78 is 31.1. The lowest BCUT2D eigenvalue weighted by molar-refractivity contribution is -0.119. The molecule has 1 N–H and O–H groups in total. The van der Waals surface area contributed by atoms with E-state index in [1.165, 1.54) is 24.3 Å². The fourth-order valence-electron chi connectivity index (χ4n) is 1.67. The predicted molar refractivity (Wildman–Crippen MR) is 76.4 cm³/mol. The monoisotopic (exact) mass is 316 g/mol. The van der Waals surface area contributed by atoms with Crippen LogP contribution < -0.4 is 5.32 Å². The number of amides is 1. The molecule has 2 aromatic carbocycles. The SMILES string of the molecule is N#Cc1ccc(C(=O)OCC(=O)Nc2cc(F)ccc2F)cc1. The number of rotatable bonds is 4. The van der Waals surface area contributed by atoms with Crippen LogP contribution in [0.5, 0.6) is 0 Å². The molecule has 0 aromatic heterocycles. The van der Waals surface area contributed by atoms with Gasteiger partial charge in [0.15, 0.2) is 6.61 Å². The third-order valence-electron chi connectivity index (χ3n) is 2.79. The Hall–Kier alpha value is -3.27. The summed E-state index contributed by atoms with van der Waals surface area (Å²) in [6.07, 6.45) is 0. The lowest BCUT2D eigenvalue weighted by Gasteiger charge is -2.07. The van der Waals surface area contributed by atoms with Gasteiger partial charge in [0.05, 0.1) is 22.9 Å². The molecule has 7 heteroatoms. The van der Waals surface area contributed by atoms with Crippen molar-refractivity contribution in [2.75, 3.05) is 11.9 Å². The van der Waals surface area contributed by atoms with E-state index in [1.807, 2.05) is 6.07 Å². The molecule has 2 aromatic rings. The number of nitrogens with one attached hydrogen (secondary N) is 1. The van der Waals surface area contributed by atoms with Crippen LogP contribution in [0, 0.1) is 23.0 Å². The van der Waals surface area contributed by atoms with E-state index >= 15 is 0 Å². The maximum atomic E-state index is 13.3. The van der Waals surface area contributed by atoms with Crippen LogP contribution in [0.1, 0.15) is 15.9 Å². The van der Waals surface area contributed by atoms with Crippen molar-refractivity contribution in [3.8, 4) is 6.07 Å². The maximum Gasteiger partial charge on any atom is 0.338 e. The Labute approximate surface area is 130 Å². The number of esters is 1. The topological polar surface area (TPSA) is 79.2 Å². The van der Waals surface area contributed by atoms with E-state index in [4.69, 9.17) is 10.00 Å². The maximum absolute atomic E-state index is 13.3. The number of anilines is 1. The average Bonchev–Trinajstić information content (AvgIpc) is 2.56. The Kier molecular flexibility index (Phi) is 5.00. The van der Waals surface area contributed by atoms with Gasteiger partial charge in [-0.3, -0.25) is 4.79 Å². The Morgan fingerprint density at radius 3 is 2.48 bits per heavy atom. The minimum atomic E-state index is -0.809. The van der Waals surface area contributed by atoms with Gasteiger partial charge >= 0.3 is 5.97 Å². The second-order valence-corrected chi connectivity index (χ2v) is 4.44. The largest absolute Gasteiger partial charge is 0.452 e. The van der Waals surface area contributed by atoms with E-state index in [0.717, 1.165) is 18.2 Å². The fraction of sp³-hybridized carbons (Fsp3) is 0.0625. The minimum absolute atomic E-state index is 0.161. The van der Waals surface area contributed by atoms with E-state index in [9.17, 15) is 18.4 Å². The normalized spacial score (nSPS) is 9.78. The van der Waals surface area contributed by atoms with Crippen LogP contribution in [0.4, 0.5) is 14.5 Å². The first-order valence-corrected chi connectivity index (χ1v) is 6.42. The predicted octanol–water partition coefficient (Wildman–Crippen LogP) is 2.63. The van der Waals surface area contributed by atoms with E-state index < -0.39 is 30.1 Å². The molecule has 0 aliphatic carbocycles. The standard InChI is InChI=1S/C16H10F2N2O3/c17-12-5-6-13(18)14(7-12)20-15(21)9-23-16(22)11-3-1-10(8-19)2-4-11/h1-7H,9H2,(H,20,21). The van der Waals surface area contributed by atoms with Gasteiger partial charge in [0.25, 0.3) is 5.91 Å². The highest BCUT2D eigenvalue weighted by molar-refractivity contribution is 5.95. The van der Waals surface area contributed by atoms with Crippen molar-refractivity contribution in [3.05, 3.63) is 65.2 Å². The summed E-state index contributed by atoms with van der Waals surface area (Å²) in [6, 6.07) is 10.1. The van der Waals surface area contributed by atoms with Gasteiger partial charge in [-0.2, -0.15) is 5.26 Å². The Bertz CT molecular complexity index is 783. The number of nitriles is 1. The van der Waals surface area contributed by atoms with Gasteiger partial charge in [0.1, 0.15) is 11.6 Å². The summed E-state index contributed by atoms with van der Waals surface area (Å²) >= 11 is 0. The van der Waals surface area contributed by atoms with E-state index in [2.05, 4.69) is 5.32 Å². The van der Waals surface area contributed by atoms with Crippen molar-refractivity contribution in [3.63, 3.8) is 0 Å². The van der Waals surface area contributed by atoms with Crippen LogP contribution in [0.25, 0.3) is 0 Å². The number of halogens is 2. The van der Waals surface area contributed by atoms with Crippen molar-refractivity contribution < 1.29 is 23.1 Å². The third kappa shape index (κ3) is 4.35. The molecule has 116 valence electrons. The van der Waals surface area contributed by atoms with Gasteiger partial charge in [-0.25, -0.2) is 13.6 Å². The number of nitrogens with zero attached hydrogens (tertiary/aromatic N) is 1. The number of ether oxygens (including phenoxy) is 1. The summed E-state index contributed by atoms with van der Waals surface area (Å²) in [6.45, 7) is -0.658. The van der Waals surface area contributed by atoms with Crippen LogP contribution in [0.3, 0.4) is 0 Å². The van der Waals surface area contributed by atoms with Crippen LogP contribution in [0.15, 0.2) is 42.5 Å². The highest BCUT2D eigenvalue weighted by atomic mass is 19.1. The molecule has 0 radical (unpaired) electrons. The molecular weight excluding hydrogens is 306 g/mol. The zero-order valence-electron chi connectivity index (χ0n) is 11.7. The summed E-state index contributed by atoms with van der Waals surface area (Å²) in [5.74, 6) is -3.10. The van der Waals surface area contributed by atoms with Crippen LogP contribution in [-0.2, 0) is 9.53 Å². The molecule has 0 fully saturated rings. The van der Waals surface area contributed by atoms with Crippen molar-refractivity contribution >= 4 is 17.6 Å². The first kappa shape index (κ1) is 16.1. The van der Waals surface area contributed by atoms with Crippen molar-refractivity contribution in [2.45, 2.75) is 0 Å². The molecule has 0 saturated carbocycles. The van der Waals surface area contributed by atoms with Gasteiger partial charge in [0, 0.05) is 6.07 Å². The molecule has 23 heavy (non-hydrogen) atoms. The second-order valence-electron chi connectivity index (χ2n) is 4.44. The van der Waals surface area contributed by atoms with Gasteiger partial charge in [-0.1, -0.05) is 0 Å². The Morgan fingerprint density at radius 1 is 1.13 bits per heavy atom. The molecule has 2 rings (SSSR count). The van der Waals surface area contributed by atoms with Crippen LogP contribution in [-0.4, -0.2) is 18.5 Å². The first-order chi connectivity index (χ1) is 11.0. The van der Waals surface area contributed by atoms with E-state index in [0.29, 0.717) is 5.56 Å². The molecule has 5 nitrogen and oxygen atoms in total. The number of hydrogen-bond acceptors (Lipinski definition) is 4. The minimum Gasteiger partial charge on any atom is -0.452 e. The summed E-state index contributed by atoms with van der Waals surface area (Å²) in [4.78, 5) is 23.3. The molecule has 0 aliphatic heterocycles. The lowest BCUT2D eigenvalue weighted by Crippen LogP contribution is -2.21. The smallest absolute Gasteiger partial charge is 0.338 e. The van der Waals surface area contributed by atoms with E-state index in [-0.39, 0.29) is 11.3 Å². The lowest BCUT2D eigenvalue weighted by atomic mass is 10.1. The average molecular weight is 316 g/mol. The highest BCUT2D eigenvalue weighted by Gasteiger charge is 2.12. The number of carbonyl (C=O) groups is 2. The molecule has 0 spiro atoms. The molecule has 0 unspecified atom stereocenters. The quantitative estimate of drug-likeness (QED) is 0.879. The first-order valence-electron chi connectivity index (χ1n) is 6.42. The second kappa shape index (κ2) is 7.13. The fourth-order valence-corrected chi connectivity index (χ4v) is 1.67. The molecule has 0 saturated heterocycles. The highest BCUT2D eigenvalue weighted by Crippen LogP contribution is 2.15. The number of carbonyl (C=O) groups excluding carboxylic acids is 2. The molecule has 0 heterocycles. The molecular formula is C16H10F2N2O3. The Balaban J connectivity index is 1.92. The Morgan fingerprint density at radius 2 is 1.83 bits per heavy atom. The number of benzene rings is 2. The van der Waals surface area contributed by atoms with Gasteiger partial charge in [0.2, 0.25) is 0 Å². The summed E-state index contributed by atoms with van der Waals surface area (Å²) in [7, 11) is 0. The van der Waals surface area contributed by atoms with Crippen molar-refractivity contribution in [2.24, 2.45) is 0 Å². The van der Waals surface area contributed by atoms with E-state index in [1.54, 1.807) is 0 Å². The number of hydrogen-bond donors (Lipinski definition) is 1. The zero-order chi connectivity index (χ0) is 16.8. The van der Waals surface area contributed by atoms with Crippen molar-refractivity contribution in [1.29, 1.82) is 5.26 Å². The van der Waals surface area contributed by atoms with Gasteiger partial charge < -0.3 is 10.1 Å². The third-order valence-corrected chi connectivity index (χ3v) is 2.79. The zero-order valence-corrected chi connectivity index (χ0v) is 11.7. The molecule has 0 bridgehead atoms. The van der Waals surface area contributed by atoms with Gasteiger partial charge in [-0.15, -0.1) is 0 Å². The van der Waals surface area contributed by atoms with Crippen LogP contribution >= 0.6 is 0 Å². The molecule has 0 atom stereocenters. The molecule has 0 aliphatic rings. The van der Waals surface area contributed by atoms with Crippen LogP contribution in [0.2, 0.25) is 0 Å². The summed E-state index contributed by atoms with van der Waals surface area (Å²) in [5, 5.41) is 10.8.